The molecule has 108 valence electrons. The van der Waals surface area contributed by atoms with E-state index in [4.69, 9.17) is 0 Å². The molecule has 5 nitrogen and oxygen atoms in total. The highest BCUT2D eigenvalue weighted by molar-refractivity contribution is 7.91. The molecule has 1 saturated heterocycles. The van der Waals surface area contributed by atoms with Crippen LogP contribution in [0.1, 0.15) is 13.3 Å². The predicted octanol–water partition coefficient (Wildman–Crippen LogP) is -0.352. The molecule has 0 unspecified atom stereocenters. The average Bonchev–Trinajstić information content (AvgIpc) is 2.35. The van der Waals surface area contributed by atoms with Gasteiger partial charge < -0.3 is 10.2 Å². The molecule has 0 amide bonds. The van der Waals surface area contributed by atoms with Gasteiger partial charge in [-0.25, -0.2) is 8.42 Å². The van der Waals surface area contributed by atoms with Gasteiger partial charge >= 0.3 is 0 Å². The average molecular weight is 277 g/mol. The molecule has 0 atom stereocenters. The maximum Gasteiger partial charge on any atom is 0.151 e. The van der Waals surface area contributed by atoms with Crippen LogP contribution < -0.4 is 5.32 Å². The monoisotopic (exact) mass is 277 g/mol. The van der Waals surface area contributed by atoms with Crippen LogP contribution >= 0.6 is 0 Å². The lowest BCUT2D eigenvalue weighted by atomic mass is 10.3. The van der Waals surface area contributed by atoms with Gasteiger partial charge in [-0.2, -0.15) is 0 Å². The zero-order chi connectivity index (χ0) is 13.4. The van der Waals surface area contributed by atoms with Gasteiger partial charge in [-0.15, -0.1) is 0 Å². The lowest BCUT2D eigenvalue weighted by Crippen LogP contribution is -2.46. The zero-order valence-corrected chi connectivity index (χ0v) is 12.5. The fraction of sp³-hybridized carbons (Fsp3) is 1.00. The Morgan fingerprint density at radius 3 is 2.44 bits per heavy atom. The van der Waals surface area contributed by atoms with Crippen LogP contribution in [0, 0.1) is 0 Å². The molecular weight excluding hydrogens is 250 g/mol. The number of rotatable bonds is 8. The van der Waals surface area contributed by atoms with Crippen LogP contribution in [-0.2, 0) is 9.84 Å². The summed E-state index contributed by atoms with van der Waals surface area (Å²) in [6.07, 6.45) is 0.715. The van der Waals surface area contributed by atoms with Crippen LogP contribution in [0.25, 0.3) is 0 Å². The van der Waals surface area contributed by atoms with Gasteiger partial charge in [0.25, 0.3) is 0 Å². The molecule has 0 saturated carbocycles. The summed E-state index contributed by atoms with van der Waals surface area (Å²) >= 11 is 0. The van der Waals surface area contributed by atoms with Gasteiger partial charge in [0.05, 0.1) is 5.75 Å². The summed E-state index contributed by atoms with van der Waals surface area (Å²) in [6, 6.07) is 0. The Kier molecular flexibility index (Phi) is 7.14. The largest absolute Gasteiger partial charge is 0.314 e. The van der Waals surface area contributed by atoms with Crippen molar-refractivity contribution in [3.05, 3.63) is 0 Å². The molecule has 0 aromatic rings. The topological polar surface area (TPSA) is 52.7 Å². The third-order valence-corrected chi connectivity index (χ3v) is 5.14. The van der Waals surface area contributed by atoms with Crippen molar-refractivity contribution >= 4 is 9.84 Å². The molecule has 1 fully saturated rings. The fourth-order valence-electron chi connectivity index (χ4n) is 2.07. The van der Waals surface area contributed by atoms with Crippen LogP contribution in [0.15, 0.2) is 0 Å². The Labute approximate surface area is 111 Å². The molecular formula is C12H27N3O2S. The van der Waals surface area contributed by atoms with Crippen molar-refractivity contribution in [1.82, 2.24) is 15.1 Å². The minimum atomic E-state index is -2.84. The van der Waals surface area contributed by atoms with Crippen LogP contribution in [-0.4, -0.2) is 82.6 Å². The van der Waals surface area contributed by atoms with E-state index in [9.17, 15) is 8.42 Å². The van der Waals surface area contributed by atoms with E-state index in [2.05, 4.69) is 15.1 Å². The summed E-state index contributed by atoms with van der Waals surface area (Å²) in [5.41, 5.74) is 0. The summed E-state index contributed by atoms with van der Waals surface area (Å²) in [6.45, 7) is 8.86. The number of nitrogens with zero attached hydrogens (tertiary/aromatic N) is 2. The highest BCUT2D eigenvalue weighted by Gasteiger charge is 2.13. The lowest BCUT2D eigenvalue weighted by Gasteiger charge is -2.29. The molecule has 1 aliphatic heterocycles. The maximum atomic E-state index is 11.6. The van der Waals surface area contributed by atoms with E-state index in [1.54, 1.807) is 0 Å². The lowest BCUT2D eigenvalue weighted by molar-refractivity contribution is 0.208. The molecule has 0 aliphatic carbocycles. The van der Waals surface area contributed by atoms with Crippen molar-refractivity contribution in [2.24, 2.45) is 0 Å². The number of likely N-dealkylation sites (N-methyl/N-ethyl adjacent to an activating group) is 1. The second-order valence-corrected chi connectivity index (χ2v) is 7.35. The van der Waals surface area contributed by atoms with Crippen LogP contribution in [0.4, 0.5) is 0 Å². The molecule has 0 aromatic carbocycles. The first kappa shape index (κ1) is 15.9. The van der Waals surface area contributed by atoms with E-state index >= 15 is 0 Å². The van der Waals surface area contributed by atoms with Gasteiger partial charge in [-0.3, -0.25) is 4.90 Å². The van der Waals surface area contributed by atoms with Gasteiger partial charge in [-0.05, 0) is 13.5 Å². The molecule has 0 radical (unpaired) electrons. The van der Waals surface area contributed by atoms with E-state index in [0.29, 0.717) is 24.5 Å². The first-order valence-corrected chi connectivity index (χ1v) is 8.67. The number of hydrogen-bond acceptors (Lipinski definition) is 5. The SMILES string of the molecule is CCCS(=O)(=O)CCN(C)CCN1CCNCC1. The Balaban J connectivity index is 2.15. The molecule has 0 spiro atoms. The summed E-state index contributed by atoms with van der Waals surface area (Å²) in [5.74, 6) is 0.609. The smallest absolute Gasteiger partial charge is 0.151 e. The third kappa shape index (κ3) is 6.68. The zero-order valence-electron chi connectivity index (χ0n) is 11.7. The third-order valence-electron chi connectivity index (χ3n) is 3.31. The van der Waals surface area contributed by atoms with Crippen molar-refractivity contribution in [3.8, 4) is 0 Å². The second kappa shape index (κ2) is 8.09. The van der Waals surface area contributed by atoms with E-state index in [1.807, 2.05) is 14.0 Å². The van der Waals surface area contributed by atoms with Crippen molar-refractivity contribution in [1.29, 1.82) is 0 Å². The van der Waals surface area contributed by atoms with Gasteiger partial charge in [0.15, 0.2) is 9.84 Å². The molecule has 1 rings (SSSR count). The van der Waals surface area contributed by atoms with Crippen molar-refractivity contribution < 1.29 is 8.42 Å². The maximum absolute atomic E-state index is 11.6. The Bertz CT molecular complexity index is 313. The van der Waals surface area contributed by atoms with Crippen molar-refractivity contribution in [2.45, 2.75) is 13.3 Å². The summed E-state index contributed by atoms with van der Waals surface area (Å²) in [5, 5.41) is 3.33. The van der Waals surface area contributed by atoms with E-state index < -0.39 is 9.84 Å². The predicted molar refractivity (Wildman–Crippen MR) is 75.8 cm³/mol. The first-order valence-electron chi connectivity index (χ1n) is 6.85. The quantitative estimate of drug-likeness (QED) is 0.657. The Hall–Kier alpha value is -0.170. The van der Waals surface area contributed by atoms with Crippen LogP contribution in [0.2, 0.25) is 0 Å². The van der Waals surface area contributed by atoms with Crippen LogP contribution in [0.5, 0.6) is 0 Å². The minimum absolute atomic E-state index is 0.291. The van der Waals surface area contributed by atoms with Crippen molar-refractivity contribution in [3.63, 3.8) is 0 Å². The van der Waals surface area contributed by atoms with Crippen LogP contribution in [0.3, 0.4) is 0 Å². The highest BCUT2D eigenvalue weighted by atomic mass is 32.2. The number of sulfone groups is 1. The number of piperazine rings is 1. The number of hydrogen-bond donors (Lipinski definition) is 1. The standard InChI is InChI=1S/C12H27N3O2S/c1-3-11-18(16,17)12-10-14(2)8-9-15-6-4-13-5-7-15/h13H,3-12H2,1-2H3. The summed E-state index contributed by atoms with van der Waals surface area (Å²) in [4.78, 5) is 4.54. The van der Waals surface area contributed by atoms with Gasteiger partial charge in [0.1, 0.15) is 0 Å². The normalized spacial score (nSPS) is 18.4. The number of nitrogens with one attached hydrogen (secondary N) is 1. The molecule has 1 aliphatic rings. The first-order chi connectivity index (χ1) is 8.53. The minimum Gasteiger partial charge on any atom is -0.314 e. The summed E-state index contributed by atoms with van der Waals surface area (Å²) in [7, 11) is -0.832. The molecule has 0 bridgehead atoms. The van der Waals surface area contributed by atoms with E-state index in [1.165, 1.54) is 0 Å². The molecule has 1 N–H and O–H groups in total. The molecule has 1 heterocycles. The Morgan fingerprint density at radius 2 is 1.83 bits per heavy atom. The van der Waals surface area contributed by atoms with Gasteiger partial charge in [0.2, 0.25) is 0 Å². The highest BCUT2D eigenvalue weighted by Crippen LogP contribution is 1.97. The van der Waals surface area contributed by atoms with E-state index in [0.717, 1.165) is 39.3 Å². The second-order valence-electron chi connectivity index (χ2n) is 5.05. The molecule has 18 heavy (non-hydrogen) atoms. The van der Waals surface area contributed by atoms with Crippen molar-refractivity contribution in [2.75, 3.05) is 64.4 Å². The fourth-order valence-corrected chi connectivity index (χ4v) is 3.48. The molecule has 6 heteroatoms. The summed E-state index contributed by atoms with van der Waals surface area (Å²) < 4.78 is 23.2. The van der Waals surface area contributed by atoms with Gasteiger partial charge in [0, 0.05) is 51.6 Å². The molecule has 0 aromatic heterocycles. The van der Waals surface area contributed by atoms with Gasteiger partial charge in [-0.1, -0.05) is 6.92 Å². The van der Waals surface area contributed by atoms with E-state index in [-0.39, 0.29) is 0 Å². The Morgan fingerprint density at radius 1 is 1.17 bits per heavy atom.